The van der Waals surface area contributed by atoms with Gasteiger partial charge in [-0.25, -0.2) is 0 Å². The van der Waals surface area contributed by atoms with Crippen LogP contribution >= 0.6 is 0 Å². The molecule has 0 aromatic carbocycles. The van der Waals surface area contributed by atoms with E-state index in [0.717, 1.165) is 18.9 Å². The SMILES string of the molecule is COCC(NC1CC(OC)C1(C)C)C1CC1. The molecule has 0 saturated heterocycles. The standard InChI is InChI=1S/C13H25NO2/c1-13(2)11(7-12(13)16-4)14-10(8-15-3)9-5-6-9/h9-12,14H,5-8H2,1-4H3. The lowest BCUT2D eigenvalue weighted by Crippen LogP contribution is -2.63. The molecule has 0 aromatic heterocycles. The summed E-state index contributed by atoms with van der Waals surface area (Å²) in [6.45, 7) is 5.42. The first kappa shape index (κ1) is 12.3. The molecule has 3 unspecified atom stereocenters. The summed E-state index contributed by atoms with van der Waals surface area (Å²) in [7, 11) is 3.61. The second kappa shape index (κ2) is 4.63. The average Bonchev–Trinajstić information content (AvgIpc) is 3.05. The van der Waals surface area contributed by atoms with Gasteiger partial charge in [0.2, 0.25) is 0 Å². The Balaban J connectivity index is 1.84. The van der Waals surface area contributed by atoms with E-state index >= 15 is 0 Å². The Labute approximate surface area is 98.9 Å². The molecule has 1 N–H and O–H groups in total. The zero-order chi connectivity index (χ0) is 11.8. The smallest absolute Gasteiger partial charge is 0.0652 e. The van der Waals surface area contributed by atoms with Crippen LogP contribution in [0.25, 0.3) is 0 Å². The number of nitrogens with one attached hydrogen (secondary N) is 1. The van der Waals surface area contributed by atoms with E-state index in [1.165, 1.54) is 12.8 Å². The fraction of sp³-hybridized carbons (Fsp3) is 1.00. The molecule has 2 aliphatic rings. The van der Waals surface area contributed by atoms with Crippen LogP contribution < -0.4 is 5.32 Å². The van der Waals surface area contributed by atoms with Gasteiger partial charge in [-0.05, 0) is 25.2 Å². The fourth-order valence-electron chi connectivity index (χ4n) is 2.83. The first-order chi connectivity index (χ1) is 7.59. The Kier molecular flexibility index (Phi) is 3.57. The Hall–Kier alpha value is -0.120. The van der Waals surface area contributed by atoms with Crippen LogP contribution in [-0.4, -0.2) is 39.0 Å². The highest BCUT2D eigenvalue weighted by atomic mass is 16.5. The van der Waals surface area contributed by atoms with Crippen LogP contribution in [0.3, 0.4) is 0 Å². The van der Waals surface area contributed by atoms with E-state index in [2.05, 4.69) is 19.2 Å². The molecule has 2 saturated carbocycles. The number of methoxy groups -OCH3 is 2. The second-order valence-corrected chi connectivity index (χ2v) is 5.90. The Morgan fingerprint density at radius 3 is 2.44 bits per heavy atom. The molecule has 0 amide bonds. The van der Waals surface area contributed by atoms with E-state index in [4.69, 9.17) is 9.47 Å². The molecule has 2 aliphatic carbocycles. The third-order valence-corrected chi connectivity index (χ3v) is 4.41. The molecule has 0 spiro atoms. The fourth-order valence-corrected chi connectivity index (χ4v) is 2.83. The Morgan fingerprint density at radius 2 is 2.00 bits per heavy atom. The molecule has 0 aromatic rings. The van der Waals surface area contributed by atoms with Gasteiger partial charge in [-0.1, -0.05) is 13.8 Å². The molecular formula is C13H25NO2. The molecule has 2 fully saturated rings. The summed E-state index contributed by atoms with van der Waals surface area (Å²) in [6, 6.07) is 1.13. The van der Waals surface area contributed by atoms with Gasteiger partial charge in [0.15, 0.2) is 0 Å². The molecule has 0 aliphatic heterocycles. The zero-order valence-corrected chi connectivity index (χ0v) is 11.0. The molecule has 94 valence electrons. The summed E-state index contributed by atoms with van der Waals surface area (Å²) in [4.78, 5) is 0. The van der Waals surface area contributed by atoms with Gasteiger partial charge in [0.25, 0.3) is 0 Å². The molecule has 2 rings (SSSR count). The van der Waals surface area contributed by atoms with Crippen molar-refractivity contribution in [3.63, 3.8) is 0 Å². The minimum absolute atomic E-state index is 0.260. The molecular weight excluding hydrogens is 202 g/mol. The predicted octanol–water partition coefficient (Wildman–Crippen LogP) is 1.81. The first-order valence-electron chi connectivity index (χ1n) is 6.37. The lowest BCUT2D eigenvalue weighted by molar-refractivity contribution is -0.103. The third kappa shape index (κ3) is 2.27. The molecule has 3 nitrogen and oxygen atoms in total. The van der Waals surface area contributed by atoms with E-state index in [1.54, 1.807) is 7.11 Å². The van der Waals surface area contributed by atoms with Crippen LogP contribution in [0, 0.1) is 11.3 Å². The summed E-state index contributed by atoms with van der Waals surface area (Å²) in [5, 5.41) is 3.77. The van der Waals surface area contributed by atoms with Crippen molar-refractivity contribution in [2.45, 2.75) is 51.3 Å². The quantitative estimate of drug-likeness (QED) is 0.751. The highest BCUT2D eigenvalue weighted by Gasteiger charge is 2.49. The maximum absolute atomic E-state index is 5.48. The van der Waals surface area contributed by atoms with Crippen molar-refractivity contribution in [1.29, 1.82) is 0 Å². The summed E-state index contributed by atoms with van der Waals surface area (Å²) in [5.74, 6) is 0.845. The Bertz CT molecular complexity index is 238. The Morgan fingerprint density at radius 1 is 1.31 bits per heavy atom. The highest BCUT2D eigenvalue weighted by Crippen LogP contribution is 2.44. The van der Waals surface area contributed by atoms with Gasteiger partial charge in [-0.2, -0.15) is 0 Å². The van der Waals surface area contributed by atoms with Crippen molar-refractivity contribution < 1.29 is 9.47 Å². The normalized spacial score (nSPS) is 34.5. The lowest BCUT2D eigenvalue weighted by atomic mass is 9.64. The topological polar surface area (TPSA) is 30.5 Å². The minimum atomic E-state index is 0.260. The largest absolute Gasteiger partial charge is 0.383 e. The van der Waals surface area contributed by atoms with Gasteiger partial charge in [-0.15, -0.1) is 0 Å². The van der Waals surface area contributed by atoms with Crippen molar-refractivity contribution in [2.75, 3.05) is 20.8 Å². The zero-order valence-electron chi connectivity index (χ0n) is 11.0. The van der Waals surface area contributed by atoms with Crippen LogP contribution in [-0.2, 0) is 9.47 Å². The number of rotatable bonds is 6. The van der Waals surface area contributed by atoms with Gasteiger partial charge in [0.1, 0.15) is 0 Å². The van der Waals surface area contributed by atoms with Crippen molar-refractivity contribution in [2.24, 2.45) is 11.3 Å². The van der Waals surface area contributed by atoms with Gasteiger partial charge in [0.05, 0.1) is 12.7 Å². The van der Waals surface area contributed by atoms with Crippen LogP contribution in [0.2, 0.25) is 0 Å². The lowest BCUT2D eigenvalue weighted by Gasteiger charge is -2.52. The molecule has 0 heterocycles. The average molecular weight is 227 g/mol. The van der Waals surface area contributed by atoms with E-state index in [0.29, 0.717) is 18.2 Å². The minimum Gasteiger partial charge on any atom is -0.383 e. The van der Waals surface area contributed by atoms with Gasteiger partial charge in [0, 0.05) is 31.7 Å². The van der Waals surface area contributed by atoms with Crippen molar-refractivity contribution in [1.82, 2.24) is 5.32 Å². The molecule has 3 heteroatoms. The maximum Gasteiger partial charge on any atom is 0.0652 e. The van der Waals surface area contributed by atoms with Gasteiger partial charge in [-0.3, -0.25) is 0 Å². The molecule has 0 bridgehead atoms. The van der Waals surface area contributed by atoms with Gasteiger partial charge >= 0.3 is 0 Å². The van der Waals surface area contributed by atoms with Crippen LogP contribution in [0.1, 0.15) is 33.1 Å². The van der Waals surface area contributed by atoms with Crippen molar-refractivity contribution in [3.05, 3.63) is 0 Å². The maximum atomic E-state index is 5.48. The molecule has 16 heavy (non-hydrogen) atoms. The first-order valence-corrected chi connectivity index (χ1v) is 6.37. The summed E-state index contributed by atoms with van der Waals surface area (Å²) < 4.78 is 10.8. The van der Waals surface area contributed by atoms with Crippen LogP contribution in [0.15, 0.2) is 0 Å². The van der Waals surface area contributed by atoms with Crippen molar-refractivity contribution >= 4 is 0 Å². The molecule has 0 radical (unpaired) electrons. The van der Waals surface area contributed by atoms with E-state index in [1.807, 2.05) is 7.11 Å². The third-order valence-electron chi connectivity index (χ3n) is 4.41. The van der Waals surface area contributed by atoms with Gasteiger partial charge < -0.3 is 14.8 Å². The summed E-state index contributed by atoms with van der Waals surface area (Å²) in [6.07, 6.45) is 4.27. The highest BCUT2D eigenvalue weighted by molar-refractivity contribution is 5.04. The monoisotopic (exact) mass is 227 g/mol. The summed E-state index contributed by atoms with van der Waals surface area (Å²) >= 11 is 0. The van der Waals surface area contributed by atoms with Crippen LogP contribution in [0.5, 0.6) is 0 Å². The second-order valence-electron chi connectivity index (χ2n) is 5.90. The number of ether oxygens (including phenoxy) is 2. The van der Waals surface area contributed by atoms with Crippen molar-refractivity contribution in [3.8, 4) is 0 Å². The number of hydrogen-bond acceptors (Lipinski definition) is 3. The summed E-state index contributed by atoms with van der Waals surface area (Å²) in [5.41, 5.74) is 0.260. The van der Waals surface area contributed by atoms with E-state index < -0.39 is 0 Å². The predicted molar refractivity (Wildman–Crippen MR) is 64.5 cm³/mol. The van der Waals surface area contributed by atoms with E-state index in [-0.39, 0.29) is 5.41 Å². The van der Waals surface area contributed by atoms with Crippen LogP contribution in [0.4, 0.5) is 0 Å². The number of hydrogen-bond donors (Lipinski definition) is 1. The molecule has 3 atom stereocenters. The van der Waals surface area contributed by atoms with E-state index in [9.17, 15) is 0 Å².